The van der Waals surface area contributed by atoms with Gasteiger partial charge in [0, 0.05) is 44.8 Å². The molecule has 0 saturated carbocycles. The Bertz CT molecular complexity index is 850. The van der Waals surface area contributed by atoms with Crippen molar-refractivity contribution in [2.24, 2.45) is 0 Å². The van der Waals surface area contributed by atoms with Crippen LogP contribution >= 0.6 is 11.6 Å². The molecule has 1 amide bonds. The van der Waals surface area contributed by atoms with Gasteiger partial charge in [0.1, 0.15) is 5.75 Å². The predicted octanol–water partition coefficient (Wildman–Crippen LogP) is 4.31. The largest absolute Gasteiger partial charge is 0.495 e. The molecule has 1 heterocycles. The maximum absolute atomic E-state index is 12.1. The van der Waals surface area contributed by atoms with Crippen molar-refractivity contribution in [3.05, 3.63) is 58.6 Å². The smallest absolute Gasteiger partial charge is 0.220 e. The second-order valence-electron chi connectivity index (χ2n) is 8.19. The molecule has 5 nitrogen and oxygen atoms in total. The minimum Gasteiger partial charge on any atom is -0.495 e. The van der Waals surface area contributed by atoms with Crippen LogP contribution < -0.4 is 15.0 Å². The lowest BCUT2D eigenvalue weighted by atomic mass is 10.1. The summed E-state index contributed by atoms with van der Waals surface area (Å²) in [5.41, 5.74) is 3.69. The Morgan fingerprint density at radius 1 is 1.10 bits per heavy atom. The van der Waals surface area contributed by atoms with Crippen LogP contribution in [0.2, 0.25) is 5.02 Å². The zero-order valence-corrected chi connectivity index (χ0v) is 19.5. The SMILES string of the molecule is COc1ccc(CCC(=O)NCCCCN2CCN(c3cccc(C)c3)CC2)cc1Cl. The van der Waals surface area contributed by atoms with E-state index in [-0.39, 0.29) is 5.91 Å². The third-order valence-electron chi connectivity index (χ3n) is 5.82. The van der Waals surface area contributed by atoms with Gasteiger partial charge < -0.3 is 15.0 Å². The summed E-state index contributed by atoms with van der Waals surface area (Å²) in [4.78, 5) is 17.1. The fraction of sp³-hybridized carbons (Fsp3) is 0.480. The number of hydrogen-bond acceptors (Lipinski definition) is 4. The van der Waals surface area contributed by atoms with Crippen molar-refractivity contribution in [2.75, 3.05) is 51.3 Å². The number of unbranched alkanes of at least 4 members (excludes halogenated alkanes) is 1. The second kappa shape index (κ2) is 12.0. The van der Waals surface area contributed by atoms with Gasteiger partial charge in [-0.3, -0.25) is 9.69 Å². The van der Waals surface area contributed by atoms with Crippen LogP contribution in [-0.4, -0.2) is 57.2 Å². The highest BCUT2D eigenvalue weighted by Gasteiger charge is 2.16. The van der Waals surface area contributed by atoms with Crippen molar-refractivity contribution in [2.45, 2.75) is 32.6 Å². The lowest BCUT2D eigenvalue weighted by Crippen LogP contribution is -2.46. The van der Waals surface area contributed by atoms with E-state index in [1.807, 2.05) is 18.2 Å². The number of carbonyl (C=O) groups excluding carboxylic acids is 1. The van der Waals surface area contributed by atoms with E-state index in [9.17, 15) is 4.79 Å². The number of nitrogens with one attached hydrogen (secondary N) is 1. The van der Waals surface area contributed by atoms with Crippen LogP contribution in [-0.2, 0) is 11.2 Å². The molecule has 0 aromatic heterocycles. The van der Waals surface area contributed by atoms with E-state index in [0.29, 0.717) is 23.6 Å². The summed E-state index contributed by atoms with van der Waals surface area (Å²) < 4.78 is 5.16. The molecule has 1 fully saturated rings. The highest BCUT2D eigenvalue weighted by molar-refractivity contribution is 6.32. The molecule has 0 radical (unpaired) electrons. The zero-order valence-electron chi connectivity index (χ0n) is 18.7. The highest BCUT2D eigenvalue weighted by Crippen LogP contribution is 2.25. The van der Waals surface area contributed by atoms with E-state index >= 15 is 0 Å². The molecule has 1 aliphatic rings. The monoisotopic (exact) mass is 443 g/mol. The van der Waals surface area contributed by atoms with Gasteiger partial charge in [-0.2, -0.15) is 0 Å². The minimum absolute atomic E-state index is 0.0960. The summed E-state index contributed by atoms with van der Waals surface area (Å²) >= 11 is 6.14. The predicted molar refractivity (Wildman–Crippen MR) is 128 cm³/mol. The van der Waals surface area contributed by atoms with E-state index in [4.69, 9.17) is 16.3 Å². The van der Waals surface area contributed by atoms with Crippen molar-refractivity contribution in [1.29, 1.82) is 0 Å². The molecule has 2 aromatic carbocycles. The molecular formula is C25H34ClN3O2. The van der Waals surface area contributed by atoms with Gasteiger partial charge in [-0.15, -0.1) is 0 Å². The molecule has 168 valence electrons. The first-order chi connectivity index (χ1) is 15.0. The quantitative estimate of drug-likeness (QED) is 0.556. The van der Waals surface area contributed by atoms with Crippen molar-refractivity contribution < 1.29 is 9.53 Å². The van der Waals surface area contributed by atoms with E-state index in [0.717, 1.165) is 57.7 Å². The average Bonchev–Trinajstić information content (AvgIpc) is 2.78. The molecule has 1 saturated heterocycles. The molecule has 3 rings (SSSR count). The van der Waals surface area contributed by atoms with E-state index in [2.05, 4.69) is 46.3 Å². The number of ether oxygens (including phenoxy) is 1. The molecule has 0 aliphatic carbocycles. The normalized spacial score (nSPS) is 14.5. The number of hydrogen-bond donors (Lipinski definition) is 1. The van der Waals surface area contributed by atoms with Gasteiger partial charge in [-0.1, -0.05) is 29.8 Å². The third kappa shape index (κ3) is 7.44. The van der Waals surface area contributed by atoms with Gasteiger partial charge in [0.25, 0.3) is 0 Å². The molecule has 1 N–H and O–H groups in total. The summed E-state index contributed by atoms with van der Waals surface area (Å²) in [6, 6.07) is 14.4. The lowest BCUT2D eigenvalue weighted by molar-refractivity contribution is -0.121. The minimum atomic E-state index is 0.0960. The molecule has 0 spiro atoms. The maximum Gasteiger partial charge on any atom is 0.220 e. The number of amides is 1. The topological polar surface area (TPSA) is 44.8 Å². The van der Waals surface area contributed by atoms with Crippen LogP contribution in [0.25, 0.3) is 0 Å². The lowest BCUT2D eigenvalue weighted by Gasteiger charge is -2.36. The molecule has 0 atom stereocenters. The first kappa shape index (κ1) is 23.4. The Balaban J connectivity index is 1.25. The van der Waals surface area contributed by atoms with Crippen LogP contribution in [0.1, 0.15) is 30.4 Å². The van der Waals surface area contributed by atoms with Crippen LogP contribution in [0.5, 0.6) is 5.75 Å². The standard InChI is InChI=1S/C25H34ClN3O2/c1-20-6-5-7-22(18-20)29-16-14-28(15-17-29)13-4-3-12-27-25(30)11-9-21-8-10-24(31-2)23(26)19-21/h5-8,10,18-19H,3-4,9,11-17H2,1-2H3,(H,27,30). The Hall–Kier alpha value is -2.24. The van der Waals surface area contributed by atoms with Crippen LogP contribution in [0.4, 0.5) is 5.69 Å². The Labute approximate surface area is 191 Å². The first-order valence-corrected chi connectivity index (χ1v) is 11.6. The molecule has 6 heteroatoms. The summed E-state index contributed by atoms with van der Waals surface area (Å²) in [6.45, 7) is 8.35. The number of rotatable bonds is 10. The second-order valence-corrected chi connectivity index (χ2v) is 8.60. The van der Waals surface area contributed by atoms with Crippen molar-refractivity contribution in [3.8, 4) is 5.75 Å². The van der Waals surface area contributed by atoms with Gasteiger partial charge in [0.2, 0.25) is 5.91 Å². The van der Waals surface area contributed by atoms with Gasteiger partial charge >= 0.3 is 0 Å². The van der Waals surface area contributed by atoms with Crippen LogP contribution in [0.15, 0.2) is 42.5 Å². The highest BCUT2D eigenvalue weighted by atomic mass is 35.5. The average molecular weight is 444 g/mol. The molecule has 2 aromatic rings. The Morgan fingerprint density at radius 2 is 1.90 bits per heavy atom. The van der Waals surface area contributed by atoms with E-state index in [1.165, 1.54) is 11.3 Å². The summed E-state index contributed by atoms with van der Waals surface area (Å²) in [6.07, 6.45) is 3.28. The van der Waals surface area contributed by atoms with Gasteiger partial charge in [0.15, 0.2) is 0 Å². The summed E-state index contributed by atoms with van der Waals surface area (Å²) in [7, 11) is 1.60. The number of anilines is 1. The molecule has 0 bridgehead atoms. The van der Waals surface area contributed by atoms with Gasteiger partial charge in [0.05, 0.1) is 12.1 Å². The number of benzene rings is 2. The number of halogens is 1. The van der Waals surface area contributed by atoms with Crippen LogP contribution in [0, 0.1) is 6.92 Å². The molecule has 1 aliphatic heterocycles. The summed E-state index contributed by atoms with van der Waals surface area (Å²) in [5, 5.41) is 3.62. The molecule has 0 unspecified atom stereocenters. The van der Waals surface area contributed by atoms with Gasteiger partial charge in [-0.05, 0) is 68.1 Å². The molecule has 31 heavy (non-hydrogen) atoms. The third-order valence-corrected chi connectivity index (χ3v) is 6.11. The van der Waals surface area contributed by atoms with Crippen molar-refractivity contribution >= 4 is 23.2 Å². The fourth-order valence-corrected chi connectivity index (χ4v) is 4.23. The van der Waals surface area contributed by atoms with E-state index < -0.39 is 0 Å². The number of methoxy groups -OCH3 is 1. The van der Waals surface area contributed by atoms with Crippen molar-refractivity contribution in [1.82, 2.24) is 10.2 Å². The number of carbonyl (C=O) groups is 1. The Morgan fingerprint density at radius 3 is 2.61 bits per heavy atom. The zero-order chi connectivity index (χ0) is 22.1. The number of piperazine rings is 1. The first-order valence-electron chi connectivity index (χ1n) is 11.2. The van der Waals surface area contributed by atoms with Crippen molar-refractivity contribution in [3.63, 3.8) is 0 Å². The molecular weight excluding hydrogens is 410 g/mol. The van der Waals surface area contributed by atoms with Crippen LogP contribution in [0.3, 0.4) is 0 Å². The number of nitrogens with zero attached hydrogens (tertiary/aromatic N) is 2. The van der Waals surface area contributed by atoms with E-state index in [1.54, 1.807) is 7.11 Å². The number of aryl methyl sites for hydroxylation is 2. The fourth-order valence-electron chi connectivity index (χ4n) is 3.95. The summed E-state index contributed by atoms with van der Waals surface area (Å²) in [5.74, 6) is 0.755. The maximum atomic E-state index is 12.1. The Kier molecular flexibility index (Phi) is 9.04. The van der Waals surface area contributed by atoms with Gasteiger partial charge in [-0.25, -0.2) is 0 Å².